The lowest BCUT2D eigenvalue weighted by atomic mass is 10.1. The standard InChI is InChI=1S/C8H12F3N3/c1-4(2)6(12)7-13-3-5(14-7)8(9,10)11/h3-4,6H,12H2,1-2H3,(H,13,14)/t6-/m0/s1. The molecule has 0 amide bonds. The van der Waals surface area contributed by atoms with Gasteiger partial charge >= 0.3 is 6.18 Å². The van der Waals surface area contributed by atoms with Crippen LogP contribution in [-0.4, -0.2) is 9.97 Å². The smallest absolute Gasteiger partial charge is 0.337 e. The fraction of sp³-hybridized carbons (Fsp3) is 0.625. The zero-order valence-electron chi connectivity index (χ0n) is 7.89. The van der Waals surface area contributed by atoms with Crippen molar-refractivity contribution in [3.8, 4) is 0 Å². The summed E-state index contributed by atoms with van der Waals surface area (Å²) in [4.78, 5) is 5.78. The van der Waals surface area contributed by atoms with E-state index in [2.05, 4.69) is 9.97 Å². The molecule has 80 valence electrons. The lowest BCUT2D eigenvalue weighted by Crippen LogP contribution is -2.18. The molecule has 1 rings (SSSR count). The molecule has 0 spiro atoms. The monoisotopic (exact) mass is 207 g/mol. The number of imidazole rings is 1. The van der Waals surface area contributed by atoms with Crippen molar-refractivity contribution in [3.05, 3.63) is 17.7 Å². The van der Waals surface area contributed by atoms with Crippen LogP contribution >= 0.6 is 0 Å². The van der Waals surface area contributed by atoms with Crippen molar-refractivity contribution in [2.45, 2.75) is 26.1 Å². The summed E-state index contributed by atoms with van der Waals surface area (Å²) in [7, 11) is 0. The van der Waals surface area contributed by atoms with Crippen LogP contribution in [0.5, 0.6) is 0 Å². The van der Waals surface area contributed by atoms with Gasteiger partial charge in [-0.2, -0.15) is 13.2 Å². The maximum Gasteiger partial charge on any atom is 0.432 e. The number of alkyl halides is 3. The molecule has 1 heterocycles. The number of rotatable bonds is 2. The summed E-state index contributed by atoms with van der Waals surface area (Å²) >= 11 is 0. The summed E-state index contributed by atoms with van der Waals surface area (Å²) in [6.07, 6.45) is -3.63. The van der Waals surface area contributed by atoms with Crippen LogP contribution in [0.4, 0.5) is 13.2 Å². The van der Waals surface area contributed by atoms with E-state index in [4.69, 9.17) is 5.73 Å². The minimum absolute atomic E-state index is 0.0437. The largest absolute Gasteiger partial charge is 0.432 e. The number of H-pyrrole nitrogens is 1. The highest BCUT2D eigenvalue weighted by molar-refractivity contribution is 5.07. The number of hydrogen-bond acceptors (Lipinski definition) is 2. The van der Waals surface area contributed by atoms with E-state index >= 15 is 0 Å². The summed E-state index contributed by atoms with van der Waals surface area (Å²) in [5.41, 5.74) is 4.78. The zero-order valence-corrected chi connectivity index (χ0v) is 7.89. The second-order valence-corrected chi connectivity index (χ2v) is 3.45. The Morgan fingerprint density at radius 2 is 2.00 bits per heavy atom. The lowest BCUT2D eigenvalue weighted by molar-refractivity contribution is -0.141. The molecule has 14 heavy (non-hydrogen) atoms. The first-order valence-electron chi connectivity index (χ1n) is 4.20. The molecule has 0 radical (unpaired) electrons. The summed E-state index contributed by atoms with van der Waals surface area (Å²) in [6, 6.07) is -0.494. The van der Waals surface area contributed by atoms with Crippen LogP contribution in [0.25, 0.3) is 0 Å². The highest BCUT2D eigenvalue weighted by Gasteiger charge is 2.33. The number of aromatic nitrogens is 2. The van der Waals surface area contributed by atoms with Crippen molar-refractivity contribution in [3.63, 3.8) is 0 Å². The van der Waals surface area contributed by atoms with E-state index in [1.165, 1.54) is 0 Å². The Hall–Kier alpha value is -1.04. The quantitative estimate of drug-likeness (QED) is 0.780. The van der Waals surface area contributed by atoms with Gasteiger partial charge in [-0.25, -0.2) is 4.98 Å². The molecular formula is C8H12F3N3. The highest BCUT2D eigenvalue weighted by atomic mass is 19.4. The molecule has 0 saturated carbocycles. The average molecular weight is 207 g/mol. The summed E-state index contributed by atoms with van der Waals surface area (Å²) in [5, 5.41) is 0. The van der Waals surface area contributed by atoms with Crippen LogP contribution in [0.2, 0.25) is 0 Å². The first kappa shape index (κ1) is 11.0. The predicted octanol–water partition coefficient (Wildman–Crippen LogP) is 2.08. The van der Waals surface area contributed by atoms with Gasteiger partial charge in [0, 0.05) is 0 Å². The van der Waals surface area contributed by atoms with Gasteiger partial charge in [0.15, 0.2) is 0 Å². The third-order valence-corrected chi connectivity index (χ3v) is 1.93. The topological polar surface area (TPSA) is 54.7 Å². The van der Waals surface area contributed by atoms with Gasteiger partial charge in [0.1, 0.15) is 11.5 Å². The molecule has 1 aromatic heterocycles. The van der Waals surface area contributed by atoms with Gasteiger partial charge in [-0.15, -0.1) is 0 Å². The van der Waals surface area contributed by atoms with Crippen LogP contribution in [0.3, 0.4) is 0 Å². The highest BCUT2D eigenvalue weighted by Crippen LogP contribution is 2.28. The van der Waals surface area contributed by atoms with Crippen LogP contribution in [0, 0.1) is 5.92 Å². The Labute approximate surface area is 79.5 Å². The van der Waals surface area contributed by atoms with Gasteiger partial charge in [0.25, 0.3) is 0 Å². The normalized spacial score (nSPS) is 14.8. The fourth-order valence-electron chi connectivity index (χ4n) is 0.966. The molecule has 0 aliphatic heterocycles. The van der Waals surface area contributed by atoms with E-state index in [1.807, 2.05) is 13.8 Å². The lowest BCUT2D eigenvalue weighted by Gasteiger charge is -2.12. The molecule has 3 N–H and O–H groups in total. The van der Waals surface area contributed by atoms with Gasteiger partial charge in [-0.05, 0) is 5.92 Å². The predicted molar refractivity (Wildman–Crippen MR) is 45.4 cm³/mol. The van der Waals surface area contributed by atoms with Gasteiger partial charge in [0.05, 0.1) is 12.2 Å². The molecule has 1 aromatic rings. The average Bonchev–Trinajstić information content (AvgIpc) is 2.49. The SMILES string of the molecule is CC(C)[C@H](N)c1ncc(C(F)(F)F)[nH]1. The van der Waals surface area contributed by atoms with E-state index in [1.54, 1.807) is 0 Å². The zero-order chi connectivity index (χ0) is 10.9. The molecule has 0 aliphatic rings. The summed E-state index contributed by atoms with van der Waals surface area (Å²) < 4.78 is 36.5. The van der Waals surface area contributed by atoms with Gasteiger partial charge in [0.2, 0.25) is 0 Å². The number of nitrogens with one attached hydrogen (secondary N) is 1. The third-order valence-electron chi connectivity index (χ3n) is 1.93. The maximum absolute atomic E-state index is 12.2. The molecule has 0 aromatic carbocycles. The molecular weight excluding hydrogens is 195 g/mol. The summed E-state index contributed by atoms with van der Waals surface area (Å²) in [6.45, 7) is 3.64. The fourth-order valence-corrected chi connectivity index (χ4v) is 0.966. The van der Waals surface area contributed by atoms with Crippen molar-refractivity contribution in [2.24, 2.45) is 11.7 Å². The summed E-state index contributed by atoms with van der Waals surface area (Å²) in [5.74, 6) is 0.217. The van der Waals surface area contributed by atoms with E-state index in [9.17, 15) is 13.2 Å². The Morgan fingerprint density at radius 3 is 2.36 bits per heavy atom. The Balaban J connectivity index is 2.89. The minimum atomic E-state index is -4.39. The van der Waals surface area contributed by atoms with Crippen molar-refractivity contribution in [2.75, 3.05) is 0 Å². The third kappa shape index (κ3) is 2.25. The first-order valence-corrected chi connectivity index (χ1v) is 4.20. The Bertz CT molecular complexity index is 303. The first-order chi connectivity index (χ1) is 6.32. The van der Waals surface area contributed by atoms with Crippen LogP contribution < -0.4 is 5.73 Å². The van der Waals surface area contributed by atoms with Crippen LogP contribution in [0.15, 0.2) is 6.20 Å². The molecule has 3 nitrogen and oxygen atoms in total. The van der Waals surface area contributed by atoms with Crippen LogP contribution in [-0.2, 0) is 6.18 Å². The Kier molecular flexibility index (Phi) is 2.84. The van der Waals surface area contributed by atoms with Crippen molar-refractivity contribution in [1.82, 2.24) is 9.97 Å². The van der Waals surface area contributed by atoms with Gasteiger partial charge in [-0.3, -0.25) is 0 Å². The number of hydrogen-bond donors (Lipinski definition) is 2. The van der Waals surface area contributed by atoms with Crippen LogP contribution in [0.1, 0.15) is 31.4 Å². The molecule has 0 bridgehead atoms. The van der Waals surface area contributed by atoms with E-state index in [0.29, 0.717) is 0 Å². The second-order valence-electron chi connectivity index (χ2n) is 3.45. The van der Waals surface area contributed by atoms with E-state index in [-0.39, 0.29) is 11.7 Å². The minimum Gasteiger partial charge on any atom is -0.337 e. The van der Waals surface area contributed by atoms with Crippen molar-refractivity contribution >= 4 is 0 Å². The van der Waals surface area contributed by atoms with Gasteiger partial charge in [-0.1, -0.05) is 13.8 Å². The van der Waals surface area contributed by atoms with Crippen molar-refractivity contribution < 1.29 is 13.2 Å². The number of halogens is 3. The van der Waals surface area contributed by atoms with Gasteiger partial charge < -0.3 is 10.7 Å². The Morgan fingerprint density at radius 1 is 1.43 bits per heavy atom. The molecule has 0 aliphatic carbocycles. The number of aromatic amines is 1. The van der Waals surface area contributed by atoms with E-state index in [0.717, 1.165) is 6.20 Å². The maximum atomic E-state index is 12.2. The molecule has 0 fully saturated rings. The number of nitrogens with two attached hydrogens (primary N) is 1. The molecule has 6 heteroatoms. The number of nitrogens with zero attached hydrogens (tertiary/aromatic N) is 1. The second kappa shape index (κ2) is 3.61. The van der Waals surface area contributed by atoms with E-state index < -0.39 is 17.9 Å². The molecule has 0 unspecified atom stereocenters. The van der Waals surface area contributed by atoms with Crippen molar-refractivity contribution in [1.29, 1.82) is 0 Å². The molecule has 1 atom stereocenters. The molecule has 0 saturated heterocycles.